The summed E-state index contributed by atoms with van der Waals surface area (Å²) in [5.41, 5.74) is 7.64. The van der Waals surface area contributed by atoms with Crippen molar-refractivity contribution in [1.82, 2.24) is 9.97 Å². The first-order valence-corrected chi connectivity index (χ1v) is 6.75. The molecule has 5 nitrogen and oxygen atoms in total. The molecule has 1 atom stereocenters. The van der Waals surface area contributed by atoms with Crippen LogP contribution in [0.5, 0.6) is 0 Å². The van der Waals surface area contributed by atoms with E-state index in [1.54, 1.807) is 6.07 Å². The molecular weight excluding hydrogens is 252 g/mol. The number of anilines is 2. The van der Waals surface area contributed by atoms with Gasteiger partial charge in [0.15, 0.2) is 0 Å². The molecule has 0 saturated carbocycles. The Morgan fingerprint density at radius 3 is 2.85 bits per heavy atom. The van der Waals surface area contributed by atoms with Gasteiger partial charge in [-0.1, -0.05) is 12.1 Å². The molecule has 1 fully saturated rings. The van der Waals surface area contributed by atoms with Crippen molar-refractivity contribution >= 4 is 11.6 Å². The average molecular weight is 270 g/mol. The summed E-state index contributed by atoms with van der Waals surface area (Å²) in [6.07, 6.45) is -0.0606. The topological polar surface area (TPSA) is 64.3 Å². The van der Waals surface area contributed by atoms with Gasteiger partial charge in [0, 0.05) is 12.2 Å². The van der Waals surface area contributed by atoms with E-state index in [0.717, 1.165) is 30.3 Å². The summed E-state index contributed by atoms with van der Waals surface area (Å²) in [5.74, 6) is 1.51. The maximum atomic E-state index is 5.81. The molecule has 2 N–H and O–H groups in total. The number of pyridine rings is 2. The zero-order valence-electron chi connectivity index (χ0n) is 11.5. The number of aromatic nitrogens is 2. The van der Waals surface area contributed by atoms with Crippen LogP contribution in [-0.2, 0) is 4.74 Å². The number of nitrogens with zero attached hydrogens (tertiary/aromatic N) is 3. The molecule has 0 unspecified atom stereocenters. The second-order valence-corrected chi connectivity index (χ2v) is 4.93. The fraction of sp³-hybridized carbons (Fsp3) is 0.333. The standard InChI is InChI=1S/C15H18N4O/c1-11-4-2-7-15(17-11)19-8-9-20-13(10-19)12-5-3-6-14(16)18-12/h2-7,13H,8-10H2,1H3,(H2,16,18)/t13-/m1/s1. The predicted molar refractivity (Wildman–Crippen MR) is 78.5 cm³/mol. The van der Waals surface area contributed by atoms with Gasteiger partial charge in [-0.2, -0.15) is 0 Å². The molecule has 5 heteroatoms. The van der Waals surface area contributed by atoms with E-state index >= 15 is 0 Å². The maximum Gasteiger partial charge on any atom is 0.128 e. The highest BCUT2D eigenvalue weighted by atomic mass is 16.5. The molecule has 0 aromatic carbocycles. The Labute approximate surface area is 118 Å². The van der Waals surface area contributed by atoms with Crippen LogP contribution in [0.3, 0.4) is 0 Å². The summed E-state index contributed by atoms with van der Waals surface area (Å²) >= 11 is 0. The van der Waals surface area contributed by atoms with Crippen LogP contribution in [0.15, 0.2) is 36.4 Å². The molecule has 0 aliphatic carbocycles. The van der Waals surface area contributed by atoms with Crippen molar-refractivity contribution in [2.75, 3.05) is 30.3 Å². The number of hydrogen-bond acceptors (Lipinski definition) is 5. The third-order valence-electron chi connectivity index (χ3n) is 3.39. The van der Waals surface area contributed by atoms with E-state index in [1.165, 1.54) is 0 Å². The molecule has 0 radical (unpaired) electrons. The smallest absolute Gasteiger partial charge is 0.128 e. The molecule has 0 spiro atoms. The normalized spacial score (nSPS) is 19.1. The number of morpholine rings is 1. The van der Waals surface area contributed by atoms with E-state index in [0.29, 0.717) is 12.4 Å². The molecule has 20 heavy (non-hydrogen) atoms. The van der Waals surface area contributed by atoms with Gasteiger partial charge in [0.2, 0.25) is 0 Å². The van der Waals surface area contributed by atoms with E-state index in [4.69, 9.17) is 10.5 Å². The number of hydrogen-bond donors (Lipinski definition) is 1. The summed E-state index contributed by atoms with van der Waals surface area (Å²) < 4.78 is 5.81. The van der Waals surface area contributed by atoms with E-state index < -0.39 is 0 Å². The molecule has 2 aromatic heterocycles. The second kappa shape index (κ2) is 5.46. The number of nitrogens with two attached hydrogens (primary N) is 1. The van der Waals surface area contributed by atoms with Gasteiger partial charge < -0.3 is 15.4 Å². The molecule has 0 amide bonds. The van der Waals surface area contributed by atoms with Crippen molar-refractivity contribution in [3.8, 4) is 0 Å². The molecule has 1 saturated heterocycles. The number of nitrogen functional groups attached to an aromatic ring is 1. The monoisotopic (exact) mass is 270 g/mol. The number of ether oxygens (including phenoxy) is 1. The minimum atomic E-state index is -0.0606. The van der Waals surface area contributed by atoms with E-state index in [9.17, 15) is 0 Å². The Kier molecular flexibility index (Phi) is 3.52. The van der Waals surface area contributed by atoms with Crippen molar-refractivity contribution in [3.63, 3.8) is 0 Å². The van der Waals surface area contributed by atoms with Gasteiger partial charge in [-0.15, -0.1) is 0 Å². The highest BCUT2D eigenvalue weighted by Gasteiger charge is 2.24. The van der Waals surface area contributed by atoms with E-state index in [2.05, 4.69) is 14.9 Å². The van der Waals surface area contributed by atoms with Crippen molar-refractivity contribution in [1.29, 1.82) is 0 Å². The van der Waals surface area contributed by atoms with E-state index in [-0.39, 0.29) is 6.10 Å². The molecule has 0 bridgehead atoms. The van der Waals surface area contributed by atoms with Crippen molar-refractivity contribution in [3.05, 3.63) is 47.8 Å². The molecule has 1 aliphatic rings. The van der Waals surface area contributed by atoms with Crippen LogP contribution in [0.1, 0.15) is 17.5 Å². The molecule has 2 aromatic rings. The largest absolute Gasteiger partial charge is 0.384 e. The fourth-order valence-electron chi connectivity index (χ4n) is 2.39. The van der Waals surface area contributed by atoms with E-state index in [1.807, 2.05) is 37.3 Å². The van der Waals surface area contributed by atoms with Crippen LogP contribution >= 0.6 is 0 Å². The highest BCUT2D eigenvalue weighted by molar-refractivity contribution is 5.40. The predicted octanol–water partition coefficient (Wildman–Crippen LogP) is 1.95. The lowest BCUT2D eigenvalue weighted by Gasteiger charge is -2.33. The quantitative estimate of drug-likeness (QED) is 0.903. The Bertz CT molecular complexity index is 550. The van der Waals surface area contributed by atoms with Gasteiger partial charge >= 0.3 is 0 Å². The van der Waals surface area contributed by atoms with Crippen LogP contribution in [0.4, 0.5) is 11.6 Å². The first kappa shape index (κ1) is 12.9. The summed E-state index contributed by atoms with van der Waals surface area (Å²) in [6, 6.07) is 11.7. The third-order valence-corrected chi connectivity index (χ3v) is 3.39. The summed E-state index contributed by atoms with van der Waals surface area (Å²) in [7, 11) is 0. The van der Waals surface area contributed by atoms with Gasteiger partial charge in [-0.3, -0.25) is 0 Å². The molecule has 104 valence electrons. The zero-order valence-corrected chi connectivity index (χ0v) is 11.5. The van der Waals surface area contributed by atoms with Crippen LogP contribution in [0, 0.1) is 6.92 Å². The van der Waals surface area contributed by atoms with Gasteiger partial charge in [0.25, 0.3) is 0 Å². The minimum Gasteiger partial charge on any atom is -0.384 e. The minimum absolute atomic E-state index is 0.0606. The first-order valence-electron chi connectivity index (χ1n) is 6.75. The Morgan fingerprint density at radius 2 is 2.05 bits per heavy atom. The molecule has 3 rings (SSSR count). The summed E-state index contributed by atoms with van der Waals surface area (Å²) in [4.78, 5) is 11.1. The molecule has 1 aliphatic heterocycles. The summed E-state index contributed by atoms with van der Waals surface area (Å²) in [5, 5.41) is 0. The Balaban J connectivity index is 1.80. The van der Waals surface area contributed by atoms with Gasteiger partial charge in [-0.25, -0.2) is 9.97 Å². The lowest BCUT2D eigenvalue weighted by molar-refractivity contribution is 0.0368. The van der Waals surface area contributed by atoms with Crippen LogP contribution in [-0.4, -0.2) is 29.7 Å². The third kappa shape index (κ3) is 2.72. The highest BCUT2D eigenvalue weighted by Crippen LogP contribution is 2.24. The average Bonchev–Trinajstić information content (AvgIpc) is 2.47. The fourth-order valence-corrected chi connectivity index (χ4v) is 2.39. The van der Waals surface area contributed by atoms with Gasteiger partial charge in [-0.05, 0) is 31.2 Å². The van der Waals surface area contributed by atoms with Gasteiger partial charge in [0.1, 0.15) is 17.7 Å². The zero-order chi connectivity index (χ0) is 13.9. The van der Waals surface area contributed by atoms with Gasteiger partial charge in [0.05, 0.1) is 18.8 Å². The lowest BCUT2D eigenvalue weighted by atomic mass is 10.2. The number of rotatable bonds is 2. The lowest BCUT2D eigenvalue weighted by Crippen LogP contribution is -2.39. The SMILES string of the molecule is Cc1cccc(N2CCO[C@@H](c3cccc(N)n3)C2)n1. The van der Waals surface area contributed by atoms with Crippen LogP contribution < -0.4 is 10.6 Å². The van der Waals surface area contributed by atoms with Crippen molar-refractivity contribution in [2.45, 2.75) is 13.0 Å². The maximum absolute atomic E-state index is 5.81. The molecular formula is C15H18N4O. The first-order chi connectivity index (χ1) is 9.72. The number of aryl methyl sites for hydroxylation is 1. The van der Waals surface area contributed by atoms with Crippen LogP contribution in [0.2, 0.25) is 0 Å². The van der Waals surface area contributed by atoms with Crippen molar-refractivity contribution < 1.29 is 4.74 Å². The van der Waals surface area contributed by atoms with Crippen LogP contribution in [0.25, 0.3) is 0 Å². The molecule has 3 heterocycles. The van der Waals surface area contributed by atoms with Crippen molar-refractivity contribution in [2.24, 2.45) is 0 Å². The summed E-state index contributed by atoms with van der Waals surface area (Å²) in [6.45, 7) is 4.25. The Morgan fingerprint density at radius 1 is 1.20 bits per heavy atom. The second-order valence-electron chi connectivity index (χ2n) is 4.93. The Hall–Kier alpha value is -2.14.